The normalized spacial score (nSPS) is 11.8. The lowest BCUT2D eigenvalue weighted by Crippen LogP contribution is -2.33. The second-order valence-electron chi connectivity index (χ2n) is 4.54. The van der Waals surface area contributed by atoms with Crippen LogP contribution in [0.25, 0.3) is 0 Å². The van der Waals surface area contributed by atoms with Crippen molar-refractivity contribution in [2.45, 2.75) is 12.5 Å². The minimum atomic E-state index is -1.07. The molecular weight excluding hydrogens is 254 g/mol. The van der Waals surface area contributed by atoms with Crippen LogP contribution in [0.15, 0.2) is 54.6 Å². The molecule has 4 heteroatoms. The molecule has 0 saturated heterocycles. The van der Waals surface area contributed by atoms with Crippen molar-refractivity contribution in [3.63, 3.8) is 0 Å². The van der Waals surface area contributed by atoms with E-state index in [1.807, 2.05) is 54.6 Å². The van der Waals surface area contributed by atoms with Crippen molar-refractivity contribution in [1.82, 2.24) is 0 Å². The van der Waals surface area contributed by atoms with E-state index in [4.69, 9.17) is 10.2 Å². The van der Waals surface area contributed by atoms with E-state index in [1.54, 1.807) is 0 Å². The van der Waals surface area contributed by atoms with E-state index in [-0.39, 0.29) is 0 Å². The van der Waals surface area contributed by atoms with Crippen LogP contribution >= 0.6 is 0 Å². The van der Waals surface area contributed by atoms with Crippen LogP contribution in [0.5, 0.6) is 0 Å². The highest BCUT2D eigenvalue weighted by Gasteiger charge is 2.16. The van der Waals surface area contributed by atoms with Crippen molar-refractivity contribution in [2.75, 3.05) is 11.9 Å². The molecule has 0 amide bonds. The molecule has 20 heavy (non-hydrogen) atoms. The van der Waals surface area contributed by atoms with Gasteiger partial charge in [-0.15, -0.1) is 0 Å². The molecule has 0 saturated carbocycles. The third-order valence-electron chi connectivity index (χ3n) is 3.07. The van der Waals surface area contributed by atoms with Gasteiger partial charge in [-0.05, 0) is 23.6 Å². The molecule has 0 aliphatic rings. The number of benzene rings is 2. The smallest absolute Gasteiger partial charge is 0.328 e. The second kappa shape index (κ2) is 6.73. The number of hydrogen-bond donors (Lipinski definition) is 3. The first kappa shape index (κ1) is 14.1. The average molecular weight is 271 g/mol. The Kier molecular flexibility index (Phi) is 4.74. The second-order valence-corrected chi connectivity index (χ2v) is 4.54. The largest absolute Gasteiger partial charge is 0.480 e. The van der Waals surface area contributed by atoms with Crippen LogP contribution in [0.4, 0.5) is 5.69 Å². The van der Waals surface area contributed by atoms with Crippen LogP contribution in [-0.4, -0.2) is 28.8 Å². The first-order chi connectivity index (χ1) is 9.70. The molecule has 0 bridgehead atoms. The molecule has 1 atom stereocenters. The van der Waals surface area contributed by atoms with Crippen LogP contribution in [0, 0.1) is 0 Å². The van der Waals surface area contributed by atoms with Gasteiger partial charge < -0.3 is 15.5 Å². The van der Waals surface area contributed by atoms with Gasteiger partial charge in [0.25, 0.3) is 0 Å². The fourth-order valence-corrected chi connectivity index (χ4v) is 2.00. The lowest BCUT2D eigenvalue weighted by Gasteiger charge is -2.16. The van der Waals surface area contributed by atoms with Gasteiger partial charge in [-0.3, -0.25) is 0 Å². The number of para-hydroxylation sites is 1. The summed E-state index contributed by atoms with van der Waals surface area (Å²) in [5.74, 6) is -1.07. The quantitative estimate of drug-likeness (QED) is 0.753. The number of aliphatic hydroxyl groups is 1. The van der Waals surface area contributed by atoms with Crippen LogP contribution in [0.3, 0.4) is 0 Å². The van der Waals surface area contributed by atoms with Gasteiger partial charge in [0.15, 0.2) is 0 Å². The molecule has 0 aliphatic heterocycles. The predicted octanol–water partition coefficient (Wildman–Crippen LogP) is 2.13. The lowest BCUT2D eigenvalue weighted by molar-refractivity contribution is -0.138. The number of carbonyl (C=O) groups is 1. The van der Waals surface area contributed by atoms with Gasteiger partial charge in [0.2, 0.25) is 0 Å². The van der Waals surface area contributed by atoms with E-state index < -0.39 is 18.6 Å². The first-order valence-corrected chi connectivity index (χ1v) is 6.42. The Labute approximate surface area is 117 Å². The predicted molar refractivity (Wildman–Crippen MR) is 77.8 cm³/mol. The fourth-order valence-electron chi connectivity index (χ4n) is 2.00. The van der Waals surface area contributed by atoms with Gasteiger partial charge >= 0.3 is 5.97 Å². The third-order valence-corrected chi connectivity index (χ3v) is 3.07. The minimum absolute atomic E-state index is 0.449. The average Bonchev–Trinajstić information content (AvgIpc) is 2.47. The number of carboxylic acids is 1. The molecule has 1 unspecified atom stereocenters. The van der Waals surface area contributed by atoms with Crippen LogP contribution in [0.1, 0.15) is 11.1 Å². The Morgan fingerprint density at radius 1 is 1.05 bits per heavy atom. The topological polar surface area (TPSA) is 69.6 Å². The molecule has 2 aromatic carbocycles. The maximum Gasteiger partial charge on any atom is 0.328 e. The number of aliphatic carboxylic acids is 1. The van der Waals surface area contributed by atoms with E-state index in [9.17, 15) is 4.79 Å². The molecule has 0 radical (unpaired) electrons. The molecule has 0 aliphatic carbocycles. The SMILES string of the molecule is O=C(O)C(CO)Nc1ccccc1Cc1ccccc1. The number of aliphatic hydroxyl groups excluding tert-OH is 1. The van der Waals surface area contributed by atoms with E-state index in [0.717, 1.165) is 16.8 Å². The zero-order chi connectivity index (χ0) is 14.4. The summed E-state index contributed by atoms with van der Waals surface area (Å²) in [4.78, 5) is 11.0. The van der Waals surface area contributed by atoms with E-state index in [2.05, 4.69) is 5.32 Å². The summed E-state index contributed by atoms with van der Waals surface area (Å²) in [5, 5.41) is 21.0. The van der Waals surface area contributed by atoms with Crippen molar-refractivity contribution in [3.05, 3.63) is 65.7 Å². The van der Waals surface area contributed by atoms with Crippen molar-refractivity contribution >= 4 is 11.7 Å². The van der Waals surface area contributed by atoms with Gasteiger partial charge in [-0.25, -0.2) is 4.79 Å². The summed E-state index contributed by atoms with van der Waals surface area (Å²) in [6, 6.07) is 16.5. The number of anilines is 1. The van der Waals surface area contributed by atoms with E-state index >= 15 is 0 Å². The van der Waals surface area contributed by atoms with Gasteiger partial charge in [0, 0.05) is 5.69 Å². The molecule has 0 heterocycles. The summed E-state index contributed by atoms with van der Waals surface area (Å²) in [6.45, 7) is -0.449. The summed E-state index contributed by atoms with van der Waals surface area (Å²) < 4.78 is 0. The first-order valence-electron chi connectivity index (χ1n) is 6.42. The Balaban J connectivity index is 2.20. The highest BCUT2D eigenvalue weighted by molar-refractivity contribution is 5.78. The molecule has 0 aromatic heterocycles. The van der Waals surface area contributed by atoms with Crippen molar-refractivity contribution in [3.8, 4) is 0 Å². The molecule has 2 rings (SSSR count). The maximum atomic E-state index is 11.0. The Morgan fingerprint density at radius 3 is 2.35 bits per heavy atom. The number of hydrogen-bond acceptors (Lipinski definition) is 3. The van der Waals surface area contributed by atoms with Gasteiger partial charge in [-0.2, -0.15) is 0 Å². The van der Waals surface area contributed by atoms with Gasteiger partial charge in [0.05, 0.1) is 6.61 Å². The van der Waals surface area contributed by atoms with Crippen LogP contribution < -0.4 is 5.32 Å². The van der Waals surface area contributed by atoms with Crippen molar-refractivity contribution in [2.24, 2.45) is 0 Å². The molecule has 0 fully saturated rings. The summed E-state index contributed by atoms with van der Waals surface area (Å²) in [6.07, 6.45) is 0.710. The summed E-state index contributed by atoms with van der Waals surface area (Å²) in [7, 11) is 0. The van der Waals surface area contributed by atoms with Crippen molar-refractivity contribution < 1.29 is 15.0 Å². The minimum Gasteiger partial charge on any atom is -0.480 e. The Bertz CT molecular complexity index is 569. The zero-order valence-electron chi connectivity index (χ0n) is 11.0. The van der Waals surface area contributed by atoms with Crippen LogP contribution in [-0.2, 0) is 11.2 Å². The van der Waals surface area contributed by atoms with Crippen molar-refractivity contribution in [1.29, 1.82) is 0 Å². The molecule has 4 nitrogen and oxygen atoms in total. The third kappa shape index (κ3) is 3.59. The molecular formula is C16H17NO3. The standard InChI is InChI=1S/C16H17NO3/c18-11-15(16(19)20)17-14-9-5-4-8-13(14)10-12-6-2-1-3-7-12/h1-9,15,17-18H,10-11H2,(H,19,20). The number of carboxylic acid groups (broad SMARTS) is 1. The van der Waals surface area contributed by atoms with E-state index in [1.165, 1.54) is 0 Å². The monoisotopic (exact) mass is 271 g/mol. The molecule has 104 valence electrons. The van der Waals surface area contributed by atoms with Gasteiger partial charge in [-0.1, -0.05) is 48.5 Å². The molecule has 2 aromatic rings. The zero-order valence-corrected chi connectivity index (χ0v) is 11.0. The number of nitrogens with one attached hydrogen (secondary N) is 1. The summed E-state index contributed by atoms with van der Waals surface area (Å²) >= 11 is 0. The Morgan fingerprint density at radius 2 is 1.70 bits per heavy atom. The maximum absolute atomic E-state index is 11.0. The molecule has 0 spiro atoms. The molecule has 3 N–H and O–H groups in total. The summed E-state index contributed by atoms with van der Waals surface area (Å²) in [5.41, 5.74) is 2.88. The van der Waals surface area contributed by atoms with Crippen LogP contribution in [0.2, 0.25) is 0 Å². The van der Waals surface area contributed by atoms with Gasteiger partial charge in [0.1, 0.15) is 6.04 Å². The Hall–Kier alpha value is -2.33. The highest BCUT2D eigenvalue weighted by atomic mass is 16.4. The fraction of sp³-hybridized carbons (Fsp3) is 0.188. The number of rotatable bonds is 6. The highest BCUT2D eigenvalue weighted by Crippen LogP contribution is 2.19. The van der Waals surface area contributed by atoms with E-state index in [0.29, 0.717) is 6.42 Å². The lowest BCUT2D eigenvalue weighted by atomic mass is 10.0.